The minimum absolute atomic E-state index is 0.133. The van der Waals surface area contributed by atoms with Gasteiger partial charge in [0, 0.05) is 18.0 Å². The summed E-state index contributed by atoms with van der Waals surface area (Å²) in [4.78, 5) is 12.4. The molecule has 5 nitrogen and oxygen atoms in total. The molecule has 1 amide bonds. The highest BCUT2D eigenvalue weighted by molar-refractivity contribution is 5.91. The minimum atomic E-state index is -0.176. The Labute approximate surface area is 164 Å². The van der Waals surface area contributed by atoms with E-state index in [2.05, 4.69) is 10.4 Å². The number of nitrogens with two attached hydrogens (primary N) is 1. The minimum Gasteiger partial charge on any atom is -0.399 e. The predicted octanol–water partition coefficient (Wildman–Crippen LogP) is 4.07. The first-order valence-corrected chi connectivity index (χ1v) is 9.18. The zero-order valence-corrected chi connectivity index (χ0v) is 16.6. The van der Waals surface area contributed by atoms with Gasteiger partial charge in [-0.25, -0.2) is 4.39 Å². The van der Waals surface area contributed by atoms with E-state index in [-0.39, 0.29) is 18.1 Å². The summed E-state index contributed by atoms with van der Waals surface area (Å²) in [5.74, 6) is 0.182. The van der Waals surface area contributed by atoms with Crippen molar-refractivity contribution < 1.29 is 9.18 Å². The second-order valence-electron chi connectivity index (χ2n) is 7.23. The molecule has 3 aromatic rings. The Hall–Kier alpha value is -3.15. The second-order valence-corrected chi connectivity index (χ2v) is 7.23. The third kappa shape index (κ3) is 4.22. The van der Waals surface area contributed by atoms with Gasteiger partial charge in [0.2, 0.25) is 5.91 Å². The number of nitrogens with zero attached hydrogens (tertiary/aromatic N) is 2. The van der Waals surface area contributed by atoms with Crippen molar-refractivity contribution in [3.05, 3.63) is 75.7 Å². The average molecular weight is 380 g/mol. The number of hydrogen-bond donors (Lipinski definition) is 2. The number of aryl methyl sites for hydroxylation is 2. The Morgan fingerprint density at radius 2 is 1.79 bits per heavy atom. The number of nitrogens with one attached hydrogen (secondary N) is 1. The lowest BCUT2D eigenvalue weighted by Gasteiger charge is -2.10. The fourth-order valence-electron chi connectivity index (χ4n) is 3.28. The highest BCUT2D eigenvalue weighted by atomic mass is 19.1. The number of benzene rings is 2. The molecule has 28 heavy (non-hydrogen) atoms. The number of amides is 1. The smallest absolute Gasteiger partial charge is 0.230 e. The van der Waals surface area contributed by atoms with E-state index in [0.717, 1.165) is 27.9 Å². The summed E-state index contributed by atoms with van der Waals surface area (Å²) in [6.07, 6.45) is 2.05. The summed E-state index contributed by atoms with van der Waals surface area (Å²) in [6, 6.07) is 9.09. The predicted molar refractivity (Wildman–Crippen MR) is 110 cm³/mol. The molecule has 3 N–H and O–H groups in total. The van der Waals surface area contributed by atoms with E-state index in [1.165, 1.54) is 0 Å². The van der Waals surface area contributed by atoms with E-state index in [9.17, 15) is 9.18 Å². The van der Waals surface area contributed by atoms with Gasteiger partial charge in [-0.15, -0.1) is 0 Å². The molecule has 0 atom stereocenters. The van der Waals surface area contributed by atoms with Gasteiger partial charge >= 0.3 is 0 Å². The Morgan fingerprint density at radius 1 is 1.11 bits per heavy atom. The van der Waals surface area contributed by atoms with Crippen LogP contribution in [0, 0.1) is 33.5 Å². The third-order valence-electron chi connectivity index (χ3n) is 5.04. The molecule has 0 aliphatic carbocycles. The van der Waals surface area contributed by atoms with Crippen LogP contribution in [0.1, 0.15) is 33.4 Å². The van der Waals surface area contributed by atoms with E-state index in [1.54, 1.807) is 30.8 Å². The number of carbonyl (C=O) groups is 1. The number of aromatic nitrogens is 2. The molecule has 0 saturated carbocycles. The topological polar surface area (TPSA) is 72.9 Å². The lowest BCUT2D eigenvalue weighted by atomic mass is 9.99. The maximum Gasteiger partial charge on any atom is 0.230 e. The van der Waals surface area contributed by atoms with Crippen LogP contribution in [0.25, 0.3) is 0 Å². The van der Waals surface area contributed by atoms with Gasteiger partial charge in [-0.1, -0.05) is 18.2 Å². The van der Waals surface area contributed by atoms with E-state index < -0.39 is 0 Å². The van der Waals surface area contributed by atoms with Gasteiger partial charge in [-0.2, -0.15) is 5.10 Å². The molecule has 146 valence electrons. The highest BCUT2D eigenvalue weighted by Crippen LogP contribution is 2.20. The quantitative estimate of drug-likeness (QED) is 0.656. The van der Waals surface area contributed by atoms with Crippen molar-refractivity contribution in [2.45, 2.75) is 40.7 Å². The molecule has 0 aliphatic rings. The van der Waals surface area contributed by atoms with Crippen molar-refractivity contribution in [2.24, 2.45) is 0 Å². The molecule has 0 spiro atoms. The van der Waals surface area contributed by atoms with E-state index in [4.69, 9.17) is 5.73 Å². The summed E-state index contributed by atoms with van der Waals surface area (Å²) >= 11 is 0. The number of hydrogen-bond acceptors (Lipinski definition) is 3. The molecule has 0 radical (unpaired) electrons. The molecule has 2 aromatic carbocycles. The van der Waals surface area contributed by atoms with Gasteiger partial charge < -0.3 is 11.1 Å². The van der Waals surface area contributed by atoms with Crippen LogP contribution < -0.4 is 11.1 Å². The van der Waals surface area contributed by atoms with Gasteiger partial charge in [0.05, 0.1) is 13.0 Å². The van der Waals surface area contributed by atoms with Crippen LogP contribution in [0.3, 0.4) is 0 Å². The van der Waals surface area contributed by atoms with E-state index in [0.29, 0.717) is 23.5 Å². The van der Waals surface area contributed by atoms with Crippen molar-refractivity contribution in [1.29, 1.82) is 0 Å². The second kappa shape index (κ2) is 7.84. The largest absolute Gasteiger partial charge is 0.399 e. The van der Waals surface area contributed by atoms with Crippen molar-refractivity contribution in [1.82, 2.24) is 9.78 Å². The number of nitrogen functional groups attached to an aromatic ring is 1. The first kappa shape index (κ1) is 19.6. The lowest BCUT2D eigenvalue weighted by Crippen LogP contribution is -2.16. The maximum atomic E-state index is 13.8. The van der Waals surface area contributed by atoms with Crippen LogP contribution in [-0.2, 0) is 17.8 Å². The van der Waals surface area contributed by atoms with Crippen LogP contribution in [0.2, 0.25) is 0 Å². The number of halogens is 1. The normalized spacial score (nSPS) is 10.9. The van der Waals surface area contributed by atoms with Gasteiger partial charge in [0.25, 0.3) is 0 Å². The molecule has 0 saturated heterocycles. The molecule has 1 aromatic heterocycles. The molecule has 0 aliphatic heterocycles. The Morgan fingerprint density at radius 3 is 2.46 bits per heavy atom. The summed E-state index contributed by atoms with van der Waals surface area (Å²) in [7, 11) is 0. The fourth-order valence-corrected chi connectivity index (χ4v) is 3.28. The van der Waals surface area contributed by atoms with Crippen LogP contribution in [-0.4, -0.2) is 15.7 Å². The van der Waals surface area contributed by atoms with Crippen molar-refractivity contribution in [3.63, 3.8) is 0 Å². The summed E-state index contributed by atoms with van der Waals surface area (Å²) in [5.41, 5.74) is 11.8. The Balaban J connectivity index is 1.66. The molecule has 1 heterocycles. The maximum absolute atomic E-state index is 13.8. The SMILES string of the molecule is Cc1cc(Cn2ccc(NC(=O)Cc3ccc(N)c(C)c3C)n2)cc(C)c1F. The van der Waals surface area contributed by atoms with Gasteiger partial charge in [-0.05, 0) is 67.1 Å². The van der Waals surface area contributed by atoms with E-state index >= 15 is 0 Å². The third-order valence-corrected chi connectivity index (χ3v) is 5.04. The van der Waals surface area contributed by atoms with Gasteiger partial charge in [-0.3, -0.25) is 9.48 Å². The van der Waals surface area contributed by atoms with Crippen LogP contribution >= 0.6 is 0 Å². The van der Waals surface area contributed by atoms with Crippen LogP contribution in [0.5, 0.6) is 0 Å². The van der Waals surface area contributed by atoms with Crippen LogP contribution in [0.4, 0.5) is 15.9 Å². The first-order valence-electron chi connectivity index (χ1n) is 9.18. The number of rotatable bonds is 5. The first-order chi connectivity index (χ1) is 13.2. The standard InChI is InChI=1S/C22H25FN4O/c1-13-9-17(10-14(2)22(13)23)12-27-8-7-20(26-27)25-21(28)11-18-5-6-19(24)16(4)15(18)3/h5-10H,11-12,24H2,1-4H3,(H,25,26,28). The molecule has 6 heteroatoms. The zero-order valence-electron chi connectivity index (χ0n) is 16.6. The van der Waals surface area contributed by atoms with Crippen molar-refractivity contribution >= 4 is 17.4 Å². The number of carbonyl (C=O) groups excluding carboxylic acids is 1. The summed E-state index contributed by atoms with van der Waals surface area (Å²) in [5, 5.41) is 7.22. The van der Waals surface area contributed by atoms with Crippen molar-refractivity contribution in [2.75, 3.05) is 11.1 Å². The average Bonchev–Trinajstić information content (AvgIpc) is 3.06. The molecule has 3 rings (SSSR count). The highest BCUT2D eigenvalue weighted by Gasteiger charge is 2.11. The Kier molecular flexibility index (Phi) is 5.49. The molecule has 0 unspecified atom stereocenters. The fraction of sp³-hybridized carbons (Fsp3) is 0.273. The Bertz CT molecular complexity index is 1020. The number of anilines is 2. The van der Waals surface area contributed by atoms with Gasteiger partial charge in [0.15, 0.2) is 5.82 Å². The van der Waals surface area contributed by atoms with Crippen LogP contribution in [0.15, 0.2) is 36.5 Å². The molecular formula is C22H25FN4O. The van der Waals surface area contributed by atoms with Gasteiger partial charge in [0.1, 0.15) is 5.82 Å². The van der Waals surface area contributed by atoms with Crippen molar-refractivity contribution in [3.8, 4) is 0 Å². The van der Waals surface area contributed by atoms with E-state index in [1.807, 2.05) is 38.1 Å². The summed E-state index contributed by atoms with van der Waals surface area (Å²) < 4.78 is 15.5. The molecule has 0 fully saturated rings. The zero-order chi connectivity index (χ0) is 20.4. The summed E-state index contributed by atoms with van der Waals surface area (Å²) in [6.45, 7) is 7.93. The monoisotopic (exact) mass is 380 g/mol. The molecule has 0 bridgehead atoms. The lowest BCUT2D eigenvalue weighted by molar-refractivity contribution is -0.115. The molecular weight excluding hydrogens is 355 g/mol.